The van der Waals surface area contributed by atoms with Gasteiger partial charge in [0.05, 0.1) is 6.07 Å². The highest BCUT2D eigenvalue weighted by atomic mass is 19.4. The fraction of sp³-hybridized carbons (Fsp3) is 0.909. The quantitative estimate of drug-likeness (QED) is 0.750. The Balaban J connectivity index is 2.50. The molecular formula is C11H17F3N2. The molecule has 1 aliphatic rings. The number of halogens is 3. The normalized spacial score (nSPS) is 25.1. The lowest BCUT2D eigenvalue weighted by Crippen LogP contribution is -2.41. The maximum absolute atomic E-state index is 12.4. The molecule has 1 saturated heterocycles. The van der Waals surface area contributed by atoms with Gasteiger partial charge < -0.3 is 4.90 Å². The average molecular weight is 234 g/mol. The molecular weight excluding hydrogens is 217 g/mol. The number of nitrogens with zero attached hydrogens (tertiary/aromatic N) is 2. The van der Waals surface area contributed by atoms with E-state index in [1.165, 1.54) is 6.07 Å². The van der Waals surface area contributed by atoms with Crippen molar-refractivity contribution >= 4 is 0 Å². The lowest BCUT2D eigenvalue weighted by Gasteiger charge is -2.33. The van der Waals surface area contributed by atoms with Crippen LogP contribution in [0.3, 0.4) is 0 Å². The van der Waals surface area contributed by atoms with Gasteiger partial charge in [-0.3, -0.25) is 0 Å². The van der Waals surface area contributed by atoms with E-state index in [4.69, 9.17) is 5.26 Å². The van der Waals surface area contributed by atoms with Crippen molar-refractivity contribution < 1.29 is 13.2 Å². The van der Waals surface area contributed by atoms with Crippen LogP contribution in [0.2, 0.25) is 0 Å². The van der Waals surface area contributed by atoms with Gasteiger partial charge in [-0.05, 0) is 25.3 Å². The molecule has 0 amide bonds. The first-order valence-corrected chi connectivity index (χ1v) is 5.66. The van der Waals surface area contributed by atoms with Crippen LogP contribution < -0.4 is 0 Å². The first-order valence-electron chi connectivity index (χ1n) is 5.66. The molecule has 92 valence electrons. The van der Waals surface area contributed by atoms with Gasteiger partial charge in [0.2, 0.25) is 0 Å². The van der Waals surface area contributed by atoms with Crippen LogP contribution in [0.4, 0.5) is 13.2 Å². The van der Waals surface area contributed by atoms with Crippen molar-refractivity contribution in [3.63, 3.8) is 0 Å². The summed E-state index contributed by atoms with van der Waals surface area (Å²) in [5.74, 6) is -1.36. The SMILES string of the molecule is CCC1CCCN(CC(C#N)C(F)(F)F)C1. The summed E-state index contributed by atoms with van der Waals surface area (Å²) in [6, 6.07) is 1.36. The second-order valence-corrected chi connectivity index (χ2v) is 4.40. The third kappa shape index (κ3) is 3.67. The van der Waals surface area contributed by atoms with E-state index >= 15 is 0 Å². The summed E-state index contributed by atoms with van der Waals surface area (Å²) in [5.41, 5.74) is 0. The molecule has 2 nitrogen and oxygen atoms in total. The van der Waals surface area contributed by atoms with Crippen LogP contribution >= 0.6 is 0 Å². The Morgan fingerprint density at radius 1 is 1.50 bits per heavy atom. The number of hydrogen-bond acceptors (Lipinski definition) is 2. The molecule has 1 rings (SSSR count). The first-order chi connectivity index (χ1) is 7.47. The molecule has 0 saturated carbocycles. The molecule has 0 aromatic heterocycles. The van der Waals surface area contributed by atoms with Crippen LogP contribution in [-0.4, -0.2) is 30.7 Å². The molecule has 1 fully saturated rings. The number of piperidine rings is 1. The van der Waals surface area contributed by atoms with Gasteiger partial charge in [-0.25, -0.2) is 0 Å². The molecule has 0 aromatic rings. The monoisotopic (exact) mass is 234 g/mol. The molecule has 0 radical (unpaired) electrons. The molecule has 0 N–H and O–H groups in total. The topological polar surface area (TPSA) is 27.0 Å². The standard InChI is InChI=1S/C11H17F3N2/c1-2-9-4-3-5-16(7-9)8-10(6-15)11(12,13)14/h9-10H,2-5,7-8H2,1H3. The maximum atomic E-state index is 12.4. The minimum atomic E-state index is -4.39. The largest absolute Gasteiger partial charge is 0.405 e. The van der Waals surface area contributed by atoms with Gasteiger partial charge in [-0.2, -0.15) is 18.4 Å². The van der Waals surface area contributed by atoms with Gasteiger partial charge in [0.25, 0.3) is 0 Å². The predicted molar refractivity (Wildman–Crippen MR) is 54.6 cm³/mol. The molecule has 0 aromatic carbocycles. The van der Waals surface area contributed by atoms with Crippen LogP contribution in [-0.2, 0) is 0 Å². The van der Waals surface area contributed by atoms with Crippen molar-refractivity contribution in [2.75, 3.05) is 19.6 Å². The first kappa shape index (κ1) is 13.3. The van der Waals surface area contributed by atoms with Gasteiger partial charge >= 0.3 is 6.18 Å². The van der Waals surface area contributed by atoms with Crippen molar-refractivity contribution in [3.05, 3.63) is 0 Å². The molecule has 16 heavy (non-hydrogen) atoms. The molecule has 1 aliphatic heterocycles. The summed E-state index contributed by atoms with van der Waals surface area (Å²) in [6.07, 6.45) is -1.36. The number of hydrogen-bond donors (Lipinski definition) is 0. The van der Waals surface area contributed by atoms with E-state index < -0.39 is 12.1 Å². The van der Waals surface area contributed by atoms with E-state index in [2.05, 4.69) is 6.92 Å². The Kier molecular flexibility index (Phi) is 4.60. The van der Waals surface area contributed by atoms with E-state index in [1.54, 1.807) is 4.90 Å². The van der Waals surface area contributed by atoms with Crippen LogP contribution in [0.5, 0.6) is 0 Å². The predicted octanol–water partition coefficient (Wildman–Crippen LogP) is 2.81. The molecule has 5 heteroatoms. The van der Waals surface area contributed by atoms with Gasteiger partial charge in [-0.1, -0.05) is 13.3 Å². The molecule has 2 unspecified atom stereocenters. The van der Waals surface area contributed by atoms with E-state index in [9.17, 15) is 13.2 Å². The molecule has 2 atom stereocenters. The fourth-order valence-corrected chi connectivity index (χ4v) is 2.13. The van der Waals surface area contributed by atoms with Crippen molar-refractivity contribution in [2.45, 2.75) is 32.4 Å². The Hall–Kier alpha value is -0.760. The Labute approximate surface area is 94.0 Å². The van der Waals surface area contributed by atoms with Gasteiger partial charge in [-0.15, -0.1) is 0 Å². The van der Waals surface area contributed by atoms with Crippen molar-refractivity contribution in [3.8, 4) is 6.07 Å². The lowest BCUT2D eigenvalue weighted by atomic mass is 9.95. The Bertz CT molecular complexity index is 257. The smallest absolute Gasteiger partial charge is 0.301 e. The number of alkyl halides is 3. The van der Waals surface area contributed by atoms with Gasteiger partial charge in [0.15, 0.2) is 5.92 Å². The Morgan fingerprint density at radius 3 is 2.69 bits per heavy atom. The van der Waals surface area contributed by atoms with Crippen LogP contribution in [0.1, 0.15) is 26.2 Å². The van der Waals surface area contributed by atoms with Crippen LogP contribution in [0.25, 0.3) is 0 Å². The number of likely N-dealkylation sites (tertiary alicyclic amines) is 1. The van der Waals surface area contributed by atoms with E-state index in [1.807, 2.05) is 0 Å². The summed E-state index contributed by atoms with van der Waals surface area (Å²) >= 11 is 0. The molecule has 0 aliphatic carbocycles. The highest BCUT2D eigenvalue weighted by Gasteiger charge is 2.41. The van der Waals surface area contributed by atoms with E-state index in [0.29, 0.717) is 19.0 Å². The minimum absolute atomic E-state index is 0.170. The third-order valence-electron chi connectivity index (χ3n) is 3.17. The summed E-state index contributed by atoms with van der Waals surface area (Å²) in [4.78, 5) is 1.78. The average Bonchev–Trinajstić information content (AvgIpc) is 2.24. The number of nitriles is 1. The molecule has 0 bridgehead atoms. The highest BCUT2D eigenvalue weighted by molar-refractivity contribution is 4.91. The minimum Gasteiger partial charge on any atom is -0.301 e. The second-order valence-electron chi connectivity index (χ2n) is 4.40. The van der Waals surface area contributed by atoms with Gasteiger partial charge in [0.1, 0.15) is 0 Å². The van der Waals surface area contributed by atoms with E-state index in [-0.39, 0.29) is 6.54 Å². The highest BCUT2D eigenvalue weighted by Crippen LogP contribution is 2.28. The molecule has 0 spiro atoms. The number of rotatable bonds is 3. The summed E-state index contributed by atoms with van der Waals surface area (Å²) in [5, 5.41) is 8.52. The van der Waals surface area contributed by atoms with Crippen molar-refractivity contribution in [2.24, 2.45) is 11.8 Å². The zero-order valence-electron chi connectivity index (χ0n) is 9.43. The van der Waals surface area contributed by atoms with Gasteiger partial charge in [0, 0.05) is 13.1 Å². The van der Waals surface area contributed by atoms with Crippen molar-refractivity contribution in [1.29, 1.82) is 5.26 Å². The summed E-state index contributed by atoms with van der Waals surface area (Å²) in [7, 11) is 0. The zero-order valence-corrected chi connectivity index (χ0v) is 9.43. The van der Waals surface area contributed by atoms with Crippen LogP contribution in [0.15, 0.2) is 0 Å². The summed E-state index contributed by atoms with van der Waals surface area (Å²) in [6.45, 7) is 3.27. The van der Waals surface area contributed by atoms with Crippen LogP contribution in [0, 0.1) is 23.2 Å². The third-order valence-corrected chi connectivity index (χ3v) is 3.17. The Morgan fingerprint density at radius 2 is 2.19 bits per heavy atom. The fourth-order valence-electron chi connectivity index (χ4n) is 2.13. The summed E-state index contributed by atoms with van der Waals surface area (Å²) < 4.78 is 37.2. The lowest BCUT2D eigenvalue weighted by molar-refractivity contribution is -0.164. The second kappa shape index (κ2) is 5.53. The zero-order chi connectivity index (χ0) is 12.2. The molecule has 1 heterocycles. The van der Waals surface area contributed by atoms with Crippen molar-refractivity contribution in [1.82, 2.24) is 4.90 Å². The maximum Gasteiger partial charge on any atom is 0.405 e. The van der Waals surface area contributed by atoms with E-state index in [0.717, 1.165) is 19.3 Å².